The van der Waals surface area contributed by atoms with Crippen LogP contribution in [-0.2, 0) is 6.42 Å². The molecular formula is C24H17N3. The van der Waals surface area contributed by atoms with Crippen LogP contribution in [0, 0.1) is 0 Å². The van der Waals surface area contributed by atoms with Gasteiger partial charge in [0.25, 0.3) is 0 Å². The van der Waals surface area contributed by atoms with Crippen LogP contribution in [0.2, 0.25) is 0 Å². The van der Waals surface area contributed by atoms with E-state index in [-0.39, 0.29) is 0 Å². The number of aliphatic imine (C=N–C) groups is 1. The second-order valence-corrected chi connectivity index (χ2v) is 7.05. The third kappa shape index (κ3) is 2.18. The SMILES string of the molecule is c1ccc2c(c1)CC(c1[nH]c(-c3cc4ccccc4[nH]3)c3ccccc13)=N2. The maximum atomic E-state index is 4.90. The van der Waals surface area contributed by atoms with E-state index in [2.05, 4.69) is 82.8 Å². The number of benzene rings is 3. The van der Waals surface area contributed by atoms with Crippen molar-refractivity contribution in [3.05, 3.63) is 90.1 Å². The van der Waals surface area contributed by atoms with Crippen molar-refractivity contribution >= 4 is 33.1 Å². The molecule has 5 aromatic rings. The van der Waals surface area contributed by atoms with Gasteiger partial charge in [0.15, 0.2) is 0 Å². The lowest BCUT2D eigenvalue weighted by Gasteiger charge is -1.98. The van der Waals surface area contributed by atoms with Gasteiger partial charge < -0.3 is 9.97 Å². The molecule has 2 aromatic heterocycles. The smallest absolute Gasteiger partial charge is 0.0704 e. The highest BCUT2D eigenvalue weighted by Gasteiger charge is 2.21. The monoisotopic (exact) mass is 347 g/mol. The van der Waals surface area contributed by atoms with Crippen LogP contribution in [0.25, 0.3) is 33.1 Å². The highest BCUT2D eigenvalue weighted by molar-refractivity contribution is 6.16. The van der Waals surface area contributed by atoms with Crippen LogP contribution in [0.3, 0.4) is 0 Å². The predicted molar refractivity (Wildman–Crippen MR) is 112 cm³/mol. The Kier molecular flexibility index (Phi) is 2.94. The fourth-order valence-electron chi connectivity index (χ4n) is 4.11. The average molecular weight is 347 g/mol. The Labute approximate surface area is 156 Å². The van der Waals surface area contributed by atoms with Crippen molar-refractivity contribution in [3.63, 3.8) is 0 Å². The Bertz CT molecular complexity index is 1320. The van der Waals surface area contributed by atoms with Crippen LogP contribution < -0.4 is 0 Å². The summed E-state index contributed by atoms with van der Waals surface area (Å²) in [6.07, 6.45) is 0.868. The number of nitrogens with one attached hydrogen (secondary N) is 2. The molecule has 0 radical (unpaired) electrons. The molecule has 2 N–H and O–H groups in total. The van der Waals surface area contributed by atoms with E-state index >= 15 is 0 Å². The Hall–Kier alpha value is -3.59. The Morgan fingerprint density at radius 2 is 1.44 bits per heavy atom. The molecule has 27 heavy (non-hydrogen) atoms. The van der Waals surface area contributed by atoms with E-state index in [1.165, 1.54) is 21.7 Å². The summed E-state index contributed by atoms with van der Waals surface area (Å²) in [6.45, 7) is 0. The van der Waals surface area contributed by atoms with E-state index in [1.807, 2.05) is 6.07 Å². The third-order valence-corrected chi connectivity index (χ3v) is 5.41. The second kappa shape index (κ2) is 5.45. The molecule has 0 saturated carbocycles. The number of para-hydroxylation sites is 2. The van der Waals surface area contributed by atoms with Crippen molar-refractivity contribution in [1.82, 2.24) is 9.97 Å². The fraction of sp³-hybridized carbons (Fsp3) is 0.0417. The van der Waals surface area contributed by atoms with E-state index in [0.717, 1.165) is 40.4 Å². The Morgan fingerprint density at radius 1 is 0.704 bits per heavy atom. The molecule has 3 heterocycles. The molecule has 1 aliphatic heterocycles. The second-order valence-electron chi connectivity index (χ2n) is 7.05. The molecule has 0 bridgehead atoms. The summed E-state index contributed by atoms with van der Waals surface area (Å²) in [5, 5.41) is 3.66. The topological polar surface area (TPSA) is 43.9 Å². The van der Waals surface area contributed by atoms with Crippen LogP contribution in [-0.4, -0.2) is 15.7 Å². The highest BCUT2D eigenvalue weighted by atomic mass is 14.9. The summed E-state index contributed by atoms with van der Waals surface area (Å²) in [6, 6.07) is 27.5. The molecule has 0 aliphatic carbocycles. The van der Waals surface area contributed by atoms with Crippen LogP contribution in [0.15, 0.2) is 83.9 Å². The minimum atomic E-state index is 0.868. The number of rotatable bonds is 2. The zero-order valence-electron chi connectivity index (χ0n) is 14.7. The van der Waals surface area contributed by atoms with Crippen molar-refractivity contribution in [2.75, 3.05) is 0 Å². The molecular weight excluding hydrogens is 330 g/mol. The summed E-state index contributed by atoms with van der Waals surface area (Å²) < 4.78 is 0. The number of aromatic nitrogens is 2. The third-order valence-electron chi connectivity index (χ3n) is 5.41. The van der Waals surface area contributed by atoms with Gasteiger partial charge in [-0.25, -0.2) is 0 Å². The van der Waals surface area contributed by atoms with Crippen molar-refractivity contribution in [2.24, 2.45) is 4.99 Å². The molecule has 0 fully saturated rings. The maximum Gasteiger partial charge on any atom is 0.0704 e. The van der Waals surface area contributed by atoms with Gasteiger partial charge in [0.1, 0.15) is 0 Å². The molecule has 3 aromatic carbocycles. The minimum Gasteiger partial charge on any atom is -0.353 e. The standard InChI is InChI=1S/C24H17N3/c1-5-11-19-15(7-1)13-21(25-19)23-17-9-3-4-10-18(17)24(27-23)22-14-16-8-2-6-12-20(16)26-22/h1-13,25,27H,14H2. The molecule has 128 valence electrons. The van der Waals surface area contributed by atoms with Gasteiger partial charge in [-0.2, -0.15) is 0 Å². The van der Waals surface area contributed by atoms with Crippen LogP contribution in [0.5, 0.6) is 0 Å². The molecule has 0 spiro atoms. The van der Waals surface area contributed by atoms with E-state index in [1.54, 1.807) is 0 Å². The largest absolute Gasteiger partial charge is 0.353 e. The normalized spacial score (nSPS) is 13.3. The van der Waals surface area contributed by atoms with Gasteiger partial charge in [-0.15, -0.1) is 0 Å². The number of fused-ring (bicyclic) bond motifs is 3. The van der Waals surface area contributed by atoms with Gasteiger partial charge in [0.2, 0.25) is 0 Å². The van der Waals surface area contributed by atoms with Gasteiger partial charge in [-0.05, 0) is 23.8 Å². The number of nitrogens with zero attached hydrogens (tertiary/aromatic N) is 1. The van der Waals surface area contributed by atoms with Gasteiger partial charge in [0.05, 0.1) is 28.5 Å². The lowest BCUT2D eigenvalue weighted by molar-refractivity contribution is 1.31. The van der Waals surface area contributed by atoms with E-state index in [9.17, 15) is 0 Å². The van der Waals surface area contributed by atoms with Gasteiger partial charge in [0, 0.05) is 28.1 Å². The number of hydrogen-bond acceptors (Lipinski definition) is 1. The quantitative estimate of drug-likeness (QED) is 0.394. The highest BCUT2D eigenvalue weighted by Crippen LogP contribution is 2.35. The van der Waals surface area contributed by atoms with Crippen LogP contribution in [0.4, 0.5) is 5.69 Å². The number of aromatic amines is 2. The van der Waals surface area contributed by atoms with Gasteiger partial charge >= 0.3 is 0 Å². The van der Waals surface area contributed by atoms with E-state index in [4.69, 9.17) is 4.99 Å². The lowest BCUT2D eigenvalue weighted by Crippen LogP contribution is -2.01. The molecule has 6 rings (SSSR count). The van der Waals surface area contributed by atoms with E-state index in [0.29, 0.717) is 0 Å². The molecule has 3 heteroatoms. The van der Waals surface area contributed by atoms with Crippen molar-refractivity contribution in [3.8, 4) is 11.4 Å². The number of H-pyrrole nitrogens is 2. The first-order chi connectivity index (χ1) is 13.4. The van der Waals surface area contributed by atoms with Gasteiger partial charge in [-0.3, -0.25) is 4.99 Å². The summed E-state index contributed by atoms with van der Waals surface area (Å²) in [5.74, 6) is 0. The maximum absolute atomic E-state index is 4.90. The lowest BCUT2D eigenvalue weighted by atomic mass is 10.1. The minimum absolute atomic E-state index is 0.868. The first-order valence-electron chi connectivity index (χ1n) is 9.21. The van der Waals surface area contributed by atoms with Crippen molar-refractivity contribution in [2.45, 2.75) is 6.42 Å². The molecule has 0 amide bonds. The number of hydrogen-bond donors (Lipinski definition) is 2. The molecule has 0 saturated heterocycles. The molecule has 3 nitrogen and oxygen atoms in total. The summed E-state index contributed by atoms with van der Waals surface area (Å²) in [4.78, 5) is 12.1. The summed E-state index contributed by atoms with van der Waals surface area (Å²) in [5.41, 5.74) is 7.98. The predicted octanol–water partition coefficient (Wildman–Crippen LogP) is 5.99. The average Bonchev–Trinajstić information content (AvgIpc) is 3.41. The molecule has 0 atom stereocenters. The van der Waals surface area contributed by atoms with Crippen molar-refractivity contribution in [1.29, 1.82) is 0 Å². The zero-order valence-corrected chi connectivity index (χ0v) is 14.7. The first kappa shape index (κ1) is 14.6. The first-order valence-corrected chi connectivity index (χ1v) is 9.21. The van der Waals surface area contributed by atoms with Crippen molar-refractivity contribution < 1.29 is 0 Å². The summed E-state index contributed by atoms with van der Waals surface area (Å²) in [7, 11) is 0. The van der Waals surface area contributed by atoms with E-state index < -0.39 is 0 Å². The fourth-order valence-corrected chi connectivity index (χ4v) is 4.11. The molecule has 1 aliphatic rings. The molecule has 0 unspecified atom stereocenters. The van der Waals surface area contributed by atoms with Gasteiger partial charge in [-0.1, -0.05) is 60.7 Å². The van der Waals surface area contributed by atoms with Crippen LogP contribution >= 0.6 is 0 Å². The van der Waals surface area contributed by atoms with Crippen LogP contribution in [0.1, 0.15) is 11.3 Å². The Balaban J connectivity index is 1.56. The summed E-state index contributed by atoms with van der Waals surface area (Å²) >= 11 is 0. The zero-order chi connectivity index (χ0) is 17.8. The Morgan fingerprint density at radius 3 is 2.30 bits per heavy atom.